The van der Waals surface area contributed by atoms with Crippen LogP contribution in [0.25, 0.3) is 16.6 Å². The third-order valence-electron chi connectivity index (χ3n) is 7.31. The van der Waals surface area contributed by atoms with Crippen molar-refractivity contribution in [1.82, 2.24) is 24.4 Å². The predicted molar refractivity (Wildman–Crippen MR) is 133 cm³/mol. The topological polar surface area (TPSA) is 71.6 Å². The van der Waals surface area contributed by atoms with E-state index in [1.807, 2.05) is 47.3 Å². The van der Waals surface area contributed by atoms with Crippen molar-refractivity contribution < 1.29 is 4.79 Å². The van der Waals surface area contributed by atoms with E-state index in [-0.39, 0.29) is 11.5 Å². The summed E-state index contributed by atoms with van der Waals surface area (Å²) in [7, 11) is 0. The number of rotatable bonds is 8. The van der Waals surface area contributed by atoms with Crippen molar-refractivity contribution in [3.63, 3.8) is 0 Å². The number of carbonyl (C=O) groups excluding carboxylic acids is 1. The quantitative estimate of drug-likeness (QED) is 0.560. The number of nitrogens with zero attached hydrogens (tertiary/aromatic N) is 4. The largest absolute Gasteiger partial charge is 0.353 e. The molecule has 3 aromatic rings. The van der Waals surface area contributed by atoms with Crippen LogP contribution in [0.3, 0.4) is 0 Å². The van der Waals surface area contributed by atoms with E-state index >= 15 is 0 Å². The molecule has 0 bridgehead atoms. The van der Waals surface area contributed by atoms with E-state index in [4.69, 9.17) is 0 Å². The zero-order valence-corrected chi connectivity index (χ0v) is 20.4. The highest BCUT2D eigenvalue weighted by molar-refractivity contribution is 5.94. The molecular formula is C26H37N5O2. The smallest absolute Gasteiger partial charge is 0.273 e. The first kappa shape index (κ1) is 23.5. The van der Waals surface area contributed by atoms with Crippen molar-refractivity contribution in [2.75, 3.05) is 13.1 Å². The number of carbonyl (C=O) groups is 1. The van der Waals surface area contributed by atoms with E-state index in [9.17, 15) is 9.59 Å². The van der Waals surface area contributed by atoms with E-state index in [1.54, 1.807) is 0 Å². The van der Waals surface area contributed by atoms with Crippen molar-refractivity contribution >= 4 is 22.5 Å². The summed E-state index contributed by atoms with van der Waals surface area (Å²) in [6, 6.07) is 10.0. The first-order valence-corrected chi connectivity index (χ1v) is 12.5. The summed E-state index contributed by atoms with van der Waals surface area (Å²) in [4.78, 5) is 32.2. The molecule has 1 N–H and O–H groups in total. The van der Waals surface area contributed by atoms with Crippen LogP contribution >= 0.6 is 0 Å². The van der Waals surface area contributed by atoms with Crippen molar-refractivity contribution in [2.45, 2.75) is 84.3 Å². The van der Waals surface area contributed by atoms with Crippen LogP contribution < -0.4 is 10.9 Å². The molecule has 0 aliphatic heterocycles. The maximum Gasteiger partial charge on any atom is 0.273 e. The van der Waals surface area contributed by atoms with Crippen LogP contribution in [0.15, 0.2) is 35.1 Å². The first-order valence-electron chi connectivity index (χ1n) is 12.5. The standard InChI is InChI=1S/C26H37N5O2/c1-5-18(2)29(21-11-7-6-8-12-21)16-15-27-26(33)20(4)31-23-14-10-9-13-22(23)25-28-24(32)17-19(3)30(25)31/h9-10,13-14,17-18,20-21H,5-8,11-12,15-16H2,1-4H3,(H,27,33). The summed E-state index contributed by atoms with van der Waals surface area (Å²) in [6.45, 7) is 9.83. The van der Waals surface area contributed by atoms with Crippen molar-refractivity contribution in [3.05, 3.63) is 46.4 Å². The number of aryl methyl sites for hydroxylation is 1. The van der Waals surface area contributed by atoms with Gasteiger partial charge in [0, 0.05) is 42.3 Å². The second kappa shape index (κ2) is 10.1. The van der Waals surface area contributed by atoms with E-state index < -0.39 is 6.04 Å². The van der Waals surface area contributed by atoms with E-state index in [1.165, 1.54) is 38.2 Å². The van der Waals surface area contributed by atoms with Gasteiger partial charge in [0.2, 0.25) is 5.91 Å². The number of nitrogens with one attached hydrogen (secondary N) is 1. The maximum atomic E-state index is 13.3. The highest BCUT2D eigenvalue weighted by Gasteiger charge is 2.26. The highest BCUT2D eigenvalue weighted by atomic mass is 16.2. The molecule has 0 spiro atoms. The molecule has 1 aliphatic carbocycles. The fourth-order valence-electron chi connectivity index (χ4n) is 5.37. The van der Waals surface area contributed by atoms with Gasteiger partial charge < -0.3 is 5.32 Å². The molecule has 1 saturated carbocycles. The Bertz CT molecular complexity index is 1170. The zero-order valence-electron chi connectivity index (χ0n) is 20.4. The van der Waals surface area contributed by atoms with E-state index in [0.29, 0.717) is 24.3 Å². The molecule has 1 aromatic carbocycles. The second-order valence-corrected chi connectivity index (χ2v) is 9.49. The van der Waals surface area contributed by atoms with Crippen LogP contribution in [0, 0.1) is 6.92 Å². The van der Waals surface area contributed by atoms with Crippen molar-refractivity contribution in [2.24, 2.45) is 0 Å². The Morgan fingerprint density at radius 1 is 1.21 bits per heavy atom. The van der Waals surface area contributed by atoms with Crippen LogP contribution in [0.4, 0.5) is 0 Å². The number of aromatic nitrogens is 3. The fraction of sp³-hybridized carbons (Fsp3) is 0.577. The molecule has 2 atom stereocenters. The molecule has 178 valence electrons. The Hall–Kier alpha value is -2.67. The summed E-state index contributed by atoms with van der Waals surface area (Å²) < 4.78 is 3.85. The van der Waals surface area contributed by atoms with Gasteiger partial charge in [0.1, 0.15) is 6.04 Å². The molecule has 4 rings (SSSR count). The minimum Gasteiger partial charge on any atom is -0.353 e. The van der Waals surface area contributed by atoms with Gasteiger partial charge in [-0.05, 0) is 52.2 Å². The molecule has 2 heterocycles. The van der Waals surface area contributed by atoms with Gasteiger partial charge in [0.25, 0.3) is 5.56 Å². The SMILES string of the molecule is CCC(C)N(CCNC(=O)C(C)n1c2ccccc2c2nc(=O)cc(C)n21)C1CCCCC1. The number of benzene rings is 1. The number of para-hydroxylation sites is 1. The van der Waals surface area contributed by atoms with Crippen LogP contribution in [0.2, 0.25) is 0 Å². The first-order chi connectivity index (χ1) is 15.9. The van der Waals surface area contributed by atoms with Crippen molar-refractivity contribution in [1.29, 1.82) is 0 Å². The maximum absolute atomic E-state index is 13.3. The second-order valence-electron chi connectivity index (χ2n) is 9.49. The number of amides is 1. The van der Waals surface area contributed by atoms with Gasteiger partial charge in [-0.2, -0.15) is 4.98 Å². The van der Waals surface area contributed by atoms with Gasteiger partial charge in [-0.15, -0.1) is 0 Å². The molecule has 0 radical (unpaired) electrons. The average molecular weight is 452 g/mol. The van der Waals surface area contributed by atoms with Crippen molar-refractivity contribution in [3.8, 4) is 0 Å². The van der Waals surface area contributed by atoms with Crippen LogP contribution in [-0.2, 0) is 4.79 Å². The van der Waals surface area contributed by atoms with Crippen LogP contribution in [-0.4, -0.2) is 50.2 Å². The lowest BCUT2D eigenvalue weighted by molar-refractivity contribution is -0.124. The van der Waals surface area contributed by atoms with E-state index in [2.05, 4.69) is 29.0 Å². The molecule has 1 amide bonds. The van der Waals surface area contributed by atoms with Gasteiger partial charge in [-0.25, -0.2) is 4.52 Å². The monoisotopic (exact) mass is 451 g/mol. The number of hydrogen-bond donors (Lipinski definition) is 1. The van der Waals surface area contributed by atoms with Crippen LogP contribution in [0.5, 0.6) is 0 Å². The summed E-state index contributed by atoms with van der Waals surface area (Å²) in [6.07, 6.45) is 7.61. The predicted octanol–water partition coefficient (Wildman–Crippen LogP) is 4.07. The molecule has 33 heavy (non-hydrogen) atoms. The van der Waals surface area contributed by atoms with Gasteiger partial charge in [0.05, 0.1) is 5.52 Å². The molecule has 2 unspecified atom stereocenters. The minimum absolute atomic E-state index is 0.0245. The van der Waals surface area contributed by atoms with Gasteiger partial charge in [0.15, 0.2) is 5.65 Å². The fourth-order valence-corrected chi connectivity index (χ4v) is 5.37. The lowest BCUT2D eigenvalue weighted by Crippen LogP contribution is -2.47. The Morgan fingerprint density at radius 3 is 2.67 bits per heavy atom. The number of hydrogen-bond acceptors (Lipinski definition) is 4. The Morgan fingerprint density at radius 2 is 1.94 bits per heavy atom. The summed E-state index contributed by atoms with van der Waals surface area (Å²) in [5.41, 5.74) is 1.99. The molecule has 0 saturated heterocycles. The summed E-state index contributed by atoms with van der Waals surface area (Å²) in [5.74, 6) is -0.0245. The van der Waals surface area contributed by atoms with Gasteiger partial charge in [-0.3, -0.25) is 19.2 Å². The Labute approximate surface area is 195 Å². The Balaban J connectivity index is 1.54. The molecule has 1 fully saturated rings. The molecular weight excluding hydrogens is 414 g/mol. The average Bonchev–Trinajstić information content (AvgIpc) is 3.16. The number of fused-ring (bicyclic) bond motifs is 3. The van der Waals surface area contributed by atoms with E-state index in [0.717, 1.165) is 29.6 Å². The molecule has 2 aromatic heterocycles. The zero-order chi connectivity index (χ0) is 23.5. The highest BCUT2D eigenvalue weighted by Crippen LogP contribution is 2.26. The third-order valence-corrected chi connectivity index (χ3v) is 7.31. The Kier molecular flexibility index (Phi) is 7.17. The molecule has 7 nitrogen and oxygen atoms in total. The van der Waals surface area contributed by atoms with Crippen LogP contribution in [0.1, 0.15) is 71.0 Å². The lowest BCUT2D eigenvalue weighted by atomic mass is 9.93. The summed E-state index contributed by atoms with van der Waals surface area (Å²) in [5, 5.41) is 4.06. The minimum atomic E-state index is -0.442. The normalized spacial score (nSPS) is 17.0. The third kappa shape index (κ3) is 4.69. The molecule has 7 heteroatoms. The molecule has 1 aliphatic rings. The lowest BCUT2D eigenvalue weighted by Gasteiger charge is -2.38. The van der Waals surface area contributed by atoms with Gasteiger partial charge >= 0.3 is 0 Å². The van der Waals surface area contributed by atoms with Gasteiger partial charge in [-0.1, -0.05) is 38.3 Å². The summed E-state index contributed by atoms with van der Waals surface area (Å²) >= 11 is 0.